The smallest absolute Gasteiger partial charge is 0.254 e. The number of likely N-dealkylation sites (tertiary alicyclic amines) is 1. The maximum Gasteiger partial charge on any atom is 0.254 e. The second-order valence-electron chi connectivity index (χ2n) is 5.22. The van der Waals surface area contributed by atoms with Crippen LogP contribution in [0.15, 0.2) is 30.5 Å². The first-order chi connectivity index (χ1) is 8.75. The van der Waals surface area contributed by atoms with E-state index in [1.165, 1.54) is 0 Å². The molecule has 0 bridgehead atoms. The molecule has 3 rings (SSSR count). The van der Waals surface area contributed by atoms with E-state index in [0.29, 0.717) is 0 Å². The van der Waals surface area contributed by atoms with Gasteiger partial charge >= 0.3 is 0 Å². The average molecular weight is 242 g/mol. The number of amides is 1. The fourth-order valence-corrected chi connectivity index (χ4v) is 2.65. The van der Waals surface area contributed by atoms with E-state index >= 15 is 0 Å². The van der Waals surface area contributed by atoms with Gasteiger partial charge in [-0.1, -0.05) is 13.0 Å². The van der Waals surface area contributed by atoms with Crippen molar-refractivity contribution in [3.8, 4) is 0 Å². The molecule has 18 heavy (non-hydrogen) atoms. The Hall–Kier alpha value is -1.77. The lowest BCUT2D eigenvalue weighted by molar-refractivity contribution is 0.0699. The number of hydrogen-bond acceptors (Lipinski definition) is 1. The van der Waals surface area contributed by atoms with Gasteiger partial charge in [0.15, 0.2) is 0 Å². The van der Waals surface area contributed by atoms with E-state index in [0.717, 1.165) is 48.3 Å². The molecular weight excluding hydrogens is 224 g/mol. The topological polar surface area (TPSA) is 36.1 Å². The third-order valence-electron chi connectivity index (χ3n) is 3.90. The second kappa shape index (κ2) is 4.48. The van der Waals surface area contributed by atoms with Crippen LogP contribution in [-0.2, 0) is 0 Å². The molecule has 0 atom stereocenters. The number of hydrogen-bond donors (Lipinski definition) is 1. The summed E-state index contributed by atoms with van der Waals surface area (Å²) in [6, 6.07) is 7.86. The van der Waals surface area contributed by atoms with Crippen molar-refractivity contribution in [3.05, 3.63) is 36.0 Å². The molecule has 2 heterocycles. The predicted octanol–water partition coefficient (Wildman–Crippen LogP) is 3.04. The van der Waals surface area contributed by atoms with E-state index in [4.69, 9.17) is 0 Å². The van der Waals surface area contributed by atoms with Crippen LogP contribution in [0, 0.1) is 5.92 Å². The molecule has 94 valence electrons. The molecule has 1 N–H and O–H groups in total. The number of aromatic amines is 1. The molecule has 0 aliphatic carbocycles. The number of benzene rings is 1. The molecule has 1 aliphatic rings. The van der Waals surface area contributed by atoms with Crippen molar-refractivity contribution in [1.82, 2.24) is 9.88 Å². The molecule has 1 aromatic heterocycles. The van der Waals surface area contributed by atoms with Gasteiger partial charge in [-0.3, -0.25) is 4.79 Å². The molecule has 2 aromatic rings. The van der Waals surface area contributed by atoms with Gasteiger partial charge in [0.25, 0.3) is 5.91 Å². The summed E-state index contributed by atoms with van der Waals surface area (Å²) in [6.07, 6.45) is 4.13. The van der Waals surface area contributed by atoms with Crippen LogP contribution in [0.1, 0.15) is 30.1 Å². The number of carbonyl (C=O) groups is 1. The zero-order valence-corrected chi connectivity index (χ0v) is 10.6. The van der Waals surface area contributed by atoms with Gasteiger partial charge in [-0.15, -0.1) is 0 Å². The molecule has 1 amide bonds. The van der Waals surface area contributed by atoms with Gasteiger partial charge in [-0.05, 0) is 37.0 Å². The number of rotatable bonds is 1. The zero-order valence-electron chi connectivity index (χ0n) is 10.6. The van der Waals surface area contributed by atoms with Crippen molar-refractivity contribution >= 4 is 16.8 Å². The summed E-state index contributed by atoms with van der Waals surface area (Å²) in [5, 5.41) is 1.03. The Labute approximate surface area is 107 Å². The number of fused-ring (bicyclic) bond motifs is 1. The largest absolute Gasteiger partial charge is 0.361 e. The van der Waals surface area contributed by atoms with Crippen LogP contribution in [-0.4, -0.2) is 28.9 Å². The highest BCUT2D eigenvalue weighted by Gasteiger charge is 2.22. The molecule has 0 radical (unpaired) electrons. The number of nitrogens with one attached hydrogen (secondary N) is 1. The summed E-state index contributed by atoms with van der Waals surface area (Å²) in [6.45, 7) is 4.04. The fraction of sp³-hybridized carbons (Fsp3) is 0.400. The third-order valence-corrected chi connectivity index (χ3v) is 3.90. The molecule has 3 heteroatoms. The van der Waals surface area contributed by atoms with Crippen LogP contribution in [0.5, 0.6) is 0 Å². The van der Waals surface area contributed by atoms with Crippen molar-refractivity contribution in [2.24, 2.45) is 5.92 Å². The molecule has 1 fully saturated rings. The lowest BCUT2D eigenvalue weighted by Crippen LogP contribution is -2.37. The highest BCUT2D eigenvalue weighted by atomic mass is 16.2. The second-order valence-corrected chi connectivity index (χ2v) is 5.22. The van der Waals surface area contributed by atoms with Crippen molar-refractivity contribution in [2.75, 3.05) is 13.1 Å². The number of H-pyrrole nitrogens is 1. The van der Waals surface area contributed by atoms with Crippen LogP contribution in [0.2, 0.25) is 0 Å². The van der Waals surface area contributed by atoms with Crippen LogP contribution >= 0.6 is 0 Å². The van der Waals surface area contributed by atoms with Crippen molar-refractivity contribution in [3.63, 3.8) is 0 Å². The van der Waals surface area contributed by atoms with Crippen molar-refractivity contribution in [1.29, 1.82) is 0 Å². The number of aromatic nitrogens is 1. The summed E-state index contributed by atoms with van der Waals surface area (Å²) < 4.78 is 0. The third kappa shape index (κ3) is 1.90. The van der Waals surface area contributed by atoms with Gasteiger partial charge in [-0.2, -0.15) is 0 Å². The normalized spacial score (nSPS) is 17.3. The van der Waals surface area contributed by atoms with Crippen LogP contribution in [0.4, 0.5) is 0 Å². The van der Waals surface area contributed by atoms with Crippen molar-refractivity contribution in [2.45, 2.75) is 19.8 Å². The van der Waals surface area contributed by atoms with E-state index < -0.39 is 0 Å². The average Bonchev–Trinajstić information content (AvgIpc) is 2.87. The highest BCUT2D eigenvalue weighted by molar-refractivity contribution is 6.06. The SMILES string of the molecule is CC1CCN(C(=O)c2cccc3[nH]ccc23)CC1. The fourth-order valence-electron chi connectivity index (χ4n) is 2.65. The molecule has 3 nitrogen and oxygen atoms in total. The van der Waals surface area contributed by atoms with Gasteiger partial charge in [0, 0.05) is 35.8 Å². The molecular formula is C15H18N2O. The molecule has 0 spiro atoms. The Balaban J connectivity index is 1.90. The molecule has 1 saturated heterocycles. The van der Waals surface area contributed by atoms with E-state index in [1.807, 2.05) is 35.4 Å². The maximum absolute atomic E-state index is 12.5. The van der Waals surface area contributed by atoms with Crippen molar-refractivity contribution < 1.29 is 4.79 Å². The van der Waals surface area contributed by atoms with Crippen LogP contribution in [0.3, 0.4) is 0 Å². The van der Waals surface area contributed by atoms with E-state index in [9.17, 15) is 4.79 Å². The number of carbonyl (C=O) groups excluding carboxylic acids is 1. The Bertz CT molecular complexity index is 565. The monoisotopic (exact) mass is 242 g/mol. The summed E-state index contributed by atoms with van der Waals surface area (Å²) in [7, 11) is 0. The highest BCUT2D eigenvalue weighted by Crippen LogP contribution is 2.22. The molecule has 0 unspecified atom stereocenters. The van der Waals surface area contributed by atoms with Crippen LogP contribution in [0.25, 0.3) is 10.9 Å². The zero-order chi connectivity index (χ0) is 12.5. The minimum atomic E-state index is 0.173. The predicted molar refractivity (Wildman–Crippen MR) is 72.6 cm³/mol. The standard InChI is InChI=1S/C15H18N2O/c1-11-6-9-17(10-7-11)15(18)13-3-2-4-14-12(13)5-8-16-14/h2-5,8,11,16H,6-7,9-10H2,1H3. The molecule has 1 aliphatic heterocycles. The Morgan fingerprint density at radius 3 is 2.83 bits per heavy atom. The van der Waals surface area contributed by atoms with Gasteiger partial charge < -0.3 is 9.88 Å². The summed E-state index contributed by atoms with van der Waals surface area (Å²) >= 11 is 0. The van der Waals surface area contributed by atoms with Gasteiger partial charge in [0.1, 0.15) is 0 Å². The number of piperidine rings is 1. The lowest BCUT2D eigenvalue weighted by atomic mass is 9.98. The first-order valence-electron chi connectivity index (χ1n) is 6.61. The first-order valence-corrected chi connectivity index (χ1v) is 6.61. The molecule has 1 aromatic carbocycles. The minimum Gasteiger partial charge on any atom is -0.361 e. The van der Waals surface area contributed by atoms with E-state index in [1.54, 1.807) is 0 Å². The molecule has 0 saturated carbocycles. The quantitative estimate of drug-likeness (QED) is 0.819. The van der Waals surface area contributed by atoms with Crippen LogP contribution < -0.4 is 0 Å². The summed E-state index contributed by atoms with van der Waals surface area (Å²) in [4.78, 5) is 17.7. The van der Waals surface area contributed by atoms with E-state index in [-0.39, 0.29) is 5.91 Å². The van der Waals surface area contributed by atoms with Gasteiger partial charge in [0.2, 0.25) is 0 Å². The Kier molecular flexibility index (Phi) is 2.82. The maximum atomic E-state index is 12.5. The lowest BCUT2D eigenvalue weighted by Gasteiger charge is -2.30. The first kappa shape index (κ1) is 11.3. The minimum absolute atomic E-state index is 0.173. The summed E-state index contributed by atoms with van der Waals surface area (Å²) in [5.41, 5.74) is 1.86. The van der Waals surface area contributed by atoms with Gasteiger partial charge in [-0.25, -0.2) is 0 Å². The van der Waals surface area contributed by atoms with E-state index in [2.05, 4.69) is 11.9 Å². The summed E-state index contributed by atoms with van der Waals surface area (Å²) in [5.74, 6) is 0.921. The Morgan fingerprint density at radius 1 is 1.28 bits per heavy atom. The number of nitrogens with zero attached hydrogens (tertiary/aromatic N) is 1. The Morgan fingerprint density at radius 2 is 2.06 bits per heavy atom. The van der Waals surface area contributed by atoms with Gasteiger partial charge in [0.05, 0.1) is 0 Å².